The fraction of sp³-hybridized carbons (Fsp3) is 0.467. The lowest BCUT2D eigenvalue weighted by atomic mass is 10.1. The molecule has 0 heterocycles. The van der Waals surface area contributed by atoms with Crippen LogP contribution in [-0.2, 0) is 4.74 Å². The first-order chi connectivity index (χ1) is 9.24. The van der Waals surface area contributed by atoms with Crippen molar-refractivity contribution in [2.24, 2.45) is 0 Å². The summed E-state index contributed by atoms with van der Waals surface area (Å²) < 4.78 is 5.02. The molecule has 0 bridgehead atoms. The van der Waals surface area contributed by atoms with Crippen molar-refractivity contribution in [3.8, 4) is 0 Å². The van der Waals surface area contributed by atoms with Gasteiger partial charge in [-0.1, -0.05) is 37.9 Å². The Labute approximate surface area is 127 Å². The van der Waals surface area contributed by atoms with Crippen molar-refractivity contribution < 1.29 is 9.53 Å². The number of carbonyl (C=O) groups excluding carboxylic acids is 1. The molecule has 0 amide bonds. The van der Waals surface area contributed by atoms with Crippen LogP contribution in [0.2, 0.25) is 19.6 Å². The van der Waals surface area contributed by atoms with E-state index in [-0.39, 0.29) is 5.97 Å². The van der Waals surface area contributed by atoms with Crippen molar-refractivity contribution in [3.05, 3.63) is 34.9 Å². The van der Waals surface area contributed by atoms with Crippen molar-refractivity contribution >= 4 is 31.2 Å². The molecule has 0 saturated heterocycles. The Bertz CT molecular complexity index is 509. The minimum atomic E-state index is -1.18. The van der Waals surface area contributed by atoms with Crippen LogP contribution in [0.4, 0.5) is 0 Å². The monoisotopic (exact) mass is 309 g/mol. The molecule has 0 saturated carbocycles. The van der Waals surface area contributed by atoms with Gasteiger partial charge in [-0.15, -0.1) is 0 Å². The van der Waals surface area contributed by atoms with Crippen molar-refractivity contribution in [2.45, 2.75) is 33.5 Å². The number of aryl methyl sites for hydroxylation is 1. The van der Waals surface area contributed by atoms with Crippen LogP contribution in [0.5, 0.6) is 0 Å². The van der Waals surface area contributed by atoms with Crippen LogP contribution < -0.4 is 5.32 Å². The van der Waals surface area contributed by atoms with Gasteiger partial charge in [0.2, 0.25) is 0 Å². The molecule has 0 aliphatic rings. The van der Waals surface area contributed by atoms with Gasteiger partial charge < -0.3 is 10.1 Å². The van der Waals surface area contributed by atoms with E-state index >= 15 is 0 Å². The maximum absolute atomic E-state index is 11.7. The predicted molar refractivity (Wildman–Crippen MR) is 90.2 cm³/mol. The van der Waals surface area contributed by atoms with Crippen molar-refractivity contribution in [1.82, 2.24) is 5.32 Å². The lowest BCUT2D eigenvalue weighted by molar-refractivity contribution is 0.0525. The Kier molecular flexibility index (Phi) is 5.89. The molecule has 0 aliphatic carbocycles. The number of thiocarbonyl (C=S) groups is 1. The zero-order chi connectivity index (χ0) is 15.3. The highest BCUT2D eigenvalue weighted by molar-refractivity contribution is 7.80. The van der Waals surface area contributed by atoms with Gasteiger partial charge in [-0.25, -0.2) is 4.79 Å². The number of carbonyl (C=O) groups is 1. The average Bonchev–Trinajstić information content (AvgIpc) is 2.35. The summed E-state index contributed by atoms with van der Waals surface area (Å²) in [6.07, 6.45) is 0.949. The molecule has 1 N–H and O–H groups in total. The molecule has 0 aliphatic heterocycles. The molecule has 0 spiro atoms. The fourth-order valence-corrected chi connectivity index (χ4v) is 2.72. The first-order valence-corrected chi connectivity index (χ1v) is 10.9. The largest absolute Gasteiger partial charge is 0.462 e. The number of ether oxygens (including phenoxy) is 1. The number of hydrogen-bond donors (Lipinski definition) is 1. The molecule has 110 valence electrons. The van der Waals surface area contributed by atoms with E-state index in [1.807, 2.05) is 19.1 Å². The average molecular weight is 310 g/mol. The van der Waals surface area contributed by atoms with Gasteiger partial charge in [-0.05, 0) is 31.5 Å². The van der Waals surface area contributed by atoms with Gasteiger partial charge >= 0.3 is 5.97 Å². The second-order valence-electron chi connectivity index (χ2n) is 5.99. The number of nitrogens with one attached hydrogen (secondary N) is 1. The smallest absolute Gasteiger partial charge is 0.338 e. The zero-order valence-electron chi connectivity index (χ0n) is 12.9. The molecule has 3 nitrogen and oxygen atoms in total. The van der Waals surface area contributed by atoms with Crippen molar-refractivity contribution in [3.63, 3.8) is 0 Å². The molecule has 5 heteroatoms. The van der Waals surface area contributed by atoms with Crippen LogP contribution in [0, 0.1) is 6.92 Å². The number of esters is 1. The van der Waals surface area contributed by atoms with E-state index < -0.39 is 8.07 Å². The third-order valence-corrected chi connectivity index (χ3v) is 4.38. The highest BCUT2D eigenvalue weighted by Gasteiger charge is 2.15. The van der Waals surface area contributed by atoms with E-state index in [4.69, 9.17) is 17.0 Å². The van der Waals surface area contributed by atoms with Gasteiger partial charge in [0.1, 0.15) is 4.99 Å². The molecule has 0 fully saturated rings. The summed E-state index contributed by atoms with van der Waals surface area (Å²) in [7, 11) is -1.18. The summed E-state index contributed by atoms with van der Waals surface area (Å²) >= 11 is 5.40. The third kappa shape index (κ3) is 5.05. The minimum Gasteiger partial charge on any atom is -0.462 e. The van der Waals surface area contributed by atoms with E-state index in [9.17, 15) is 4.79 Å². The third-order valence-electron chi connectivity index (χ3n) is 2.76. The van der Waals surface area contributed by atoms with Gasteiger partial charge in [0.15, 0.2) is 0 Å². The molecular weight excluding hydrogens is 286 g/mol. The van der Waals surface area contributed by atoms with Crippen molar-refractivity contribution in [2.75, 3.05) is 12.8 Å². The SMILES string of the molecule is CCOC(=O)c1ccc(C(=S)NC[Si](C)(C)C)cc1C. The van der Waals surface area contributed by atoms with Crippen LogP contribution in [-0.4, -0.2) is 31.8 Å². The second-order valence-corrected chi connectivity index (χ2v) is 11.9. The van der Waals surface area contributed by atoms with Gasteiger partial charge in [-0.2, -0.15) is 0 Å². The molecule has 1 rings (SSSR count). The van der Waals surface area contributed by atoms with E-state index in [0.29, 0.717) is 12.2 Å². The van der Waals surface area contributed by atoms with Crippen molar-refractivity contribution in [1.29, 1.82) is 0 Å². The van der Waals surface area contributed by atoms with Crippen LogP contribution in [0.1, 0.15) is 28.4 Å². The molecule has 0 radical (unpaired) electrons. The first-order valence-electron chi connectivity index (χ1n) is 6.80. The quantitative estimate of drug-likeness (QED) is 0.514. The van der Waals surface area contributed by atoms with E-state index in [0.717, 1.165) is 22.3 Å². The summed E-state index contributed by atoms with van der Waals surface area (Å²) in [5.41, 5.74) is 2.44. The molecule has 1 aromatic rings. The van der Waals surface area contributed by atoms with Crippen LogP contribution in [0.25, 0.3) is 0 Å². The van der Waals surface area contributed by atoms with E-state index in [1.165, 1.54) is 0 Å². The summed E-state index contributed by atoms with van der Waals surface area (Å²) in [6, 6.07) is 5.59. The Morgan fingerprint density at radius 3 is 2.50 bits per heavy atom. The standard InChI is InChI=1S/C15H23NO2SSi/c1-6-18-15(17)13-8-7-12(9-11(13)2)14(19)16-10-20(3,4)5/h7-9H,6,10H2,1-5H3,(H,16,19). The van der Waals surface area contributed by atoms with Gasteiger partial charge in [0.25, 0.3) is 0 Å². The van der Waals surface area contributed by atoms with Gasteiger partial charge in [0, 0.05) is 11.7 Å². The Hall–Kier alpha value is -1.20. The topological polar surface area (TPSA) is 38.3 Å². The Balaban J connectivity index is 2.81. The second kappa shape index (κ2) is 6.99. The van der Waals surface area contributed by atoms with Crippen LogP contribution >= 0.6 is 12.2 Å². The molecular formula is C15H23NO2SSi. The maximum atomic E-state index is 11.7. The lowest BCUT2D eigenvalue weighted by Crippen LogP contribution is -2.39. The van der Waals surface area contributed by atoms with Crippen LogP contribution in [0.3, 0.4) is 0 Å². The minimum absolute atomic E-state index is 0.280. The summed E-state index contributed by atoms with van der Waals surface area (Å²) in [6.45, 7) is 11.0. The summed E-state index contributed by atoms with van der Waals surface area (Å²) in [5, 5.41) is 3.32. The first kappa shape index (κ1) is 16.9. The molecule has 1 aromatic carbocycles. The van der Waals surface area contributed by atoms with Gasteiger partial charge in [0.05, 0.1) is 20.2 Å². The highest BCUT2D eigenvalue weighted by atomic mass is 32.1. The van der Waals surface area contributed by atoms with E-state index in [1.54, 1.807) is 13.0 Å². The predicted octanol–water partition coefficient (Wildman–Crippen LogP) is 3.31. The maximum Gasteiger partial charge on any atom is 0.338 e. The van der Waals surface area contributed by atoms with E-state index in [2.05, 4.69) is 25.0 Å². The van der Waals surface area contributed by atoms with Crippen LogP contribution in [0.15, 0.2) is 18.2 Å². The summed E-state index contributed by atoms with van der Waals surface area (Å²) in [4.78, 5) is 12.5. The molecule has 0 unspecified atom stereocenters. The summed E-state index contributed by atoms with van der Waals surface area (Å²) in [5.74, 6) is -0.280. The molecule has 0 aromatic heterocycles. The lowest BCUT2D eigenvalue weighted by Gasteiger charge is -2.18. The van der Waals surface area contributed by atoms with Gasteiger partial charge in [-0.3, -0.25) is 0 Å². The molecule has 0 atom stereocenters. The molecule has 20 heavy (non-hydrogen) atoms. The number of benzene rings is 1. The zero-order valence-corrected chi connectivity index (χ0v) is 14.7. The fourth-order valence-electron chi connectivity index (χ4n) is 1.69. The number of rotatable bonds is 5. The Morgan fingerprint density at radius 2 is 2.00 bits per heavy atom. The highest BCUT2D eigenvalue weighted by Crippen LogP contribution is 2.13. The normalized spacial score (nSPS) is 11.1. The Morgan fingerprint density at radius 1 is 1.35 bits per heavy atom. The number of hydrogen-bond acceptors (Lipinski definition) is 3.